The predicted octanol–water partition coefficient (Wildman–Crippen LogP) is 2.03. The largest absolute Gasteiger partial charge is 0.383 e. The number of aryl methyl sites for hydroxylation is 1. The Balaban J connectivity index is 2.55. The van der Waals surface area contributed by atoms with Crippen LogP contribution in [0.2, 0.25) is 0 Å². The molecule has 3 heteroatoms. The van der Waals surface area contributed by atoms with Crippen LogP contribution in [0, 0.1) is 6.92 Å². The molecule has 0 unspecified atom stereocenters. The average molecular weight is 185 g/mol. The summed E-state index contributed by atoms with van der Waals surface area (Å²) < 4.78 is 0. The van der Waals surface area contributed by atoms with Crippen LogP contribution in [0.15, 0.2) is 36.7 Å². The fraction of sp³-hybridized carbons (Fsp3) is 0.0909. The first-order valence-corrected chi connectivity index (χ1v) is 4.41. The van der Waals surface area contributed by atoms with Crippen molar-refractivity contribution < 1.29 is 0 Å². The van der Waals surface area contributed by atoms with Gasteiger partial charge in [0.1, 0.15) is 5.82 Å². The van der Waals surface area contributed by atoms with E-state index in [9.17, 15) is 0 Å². The highest BCUT2D eigenvalue weighted by atomic mass is 14.8. The molecule has 0 amide bonds. The molecule has 0 aliphatic heterocycles. The van der Waals surface area contributed by atoms with Gasteiger partial charge in [0, 0.05) is 23.7 Å². The molecule has 0 fully saturated rings. The number of hydrogen-bond acceptors (Lipinski definition) is 3. The highest BCUT2D eigenvalue weighted by Crippen LogP contribution is 2.23. The minimum Gasteiger partial charge on any atom is -0.383 e. The van der Waals surface area contributed by atoms with Gasteiger partial charge in [0.25, 0.3) is 0 Å². The maximum absolute atomic E-state index is 5.77. The predicted molar refractivity (Wildman–Crippen MR) is 56.6 cm³/mol. The summed E-state index contributed by atoms with van der Waals surface area (Å²) in [6.07, 6.45) is 3.46. The smallest absolute Gasteiger partial charge is 0.131 e. The summed E-state index contributed by atoms with van der Waals surface area (Å²) >= 11 is 0. The molecule has 0 radical (unpaired) electrons. The van der Waals surface area contributed by atoms with E-state index in [4.69, 9.17) is 5.73 Å². The van der Waals surface area contributed by atoms with Gasteiger partial charge in [-0.2, -0.15) is 0 Å². The Hall–Kier alpha value is -1.90. The molecule has 2 N–H and O–H groups in total. The third-order valence-electron chi connectivity index (χ3n) is 2.05. The molecule has 0 saturated carbocycles. The summed E-state index contributed by atoms with van der Waals surface area (Å²) in [6.45, 7) is 1.95. The van der Waals surface area contributed by atoms with Crippen molar-refractivity contribution in [2.24, 2.45) is 0 Å². The third kappa shape index (κ3) is 1.57. The van der Waals surface area contributed by atoms with Gasteiger partial charge in [0.2, 0.25) is 0 Å². The minimum atomic E-state index is 0.554. The first-order valence-electron chi connectivity index (χ1n) is 4.41. The molecule has 2 rings (SSSR count). The van der Waals surface area contributed by atoms with Crippen molar-refractivity contribution in [3.63, 3.8) is 0 Å². The lowest BCUT2D eigenvalue weighted by molar-refractivity contribution is 1.20. The van der Waals surface area contributed by atoms with Crippen LogP contribution in [-0.2, 0) is 0 Å². The number of nitrogens with zero attached hydrogens (tertiary/aromatic N) is 2. The molecular formula is C11H11N3. The Morgan fingerprint density at radius 2 is 2.00 bits per heavy atom. The van der Waals surface area contributed by atoms with Crippen molar-refractivity contribution in [2.45, 2.75) is 6.92 Å². The Kier molecular flexibility index (Phi) is 2.14. The highest BCUT2D eigenvalue weighted by Gasteiger charge is 2.02. The van der Waals surface area contributed by atoms with Crippen LogP contribution in [0.4, 0.5) is 5.82 Å². The van der Waals surface area contributed by atoms with Gasteiger partial charge in [0.05, 0.1) is 0 Å². The van der Waals surface area contributed by atoms with Crippen LogP contribution in [0.3, 0.4) is 0 Å². The van der Waals surface area contributed by atoms with E-state index in [2.05, 4.69) is 9.97 Å². The second-order valence-electron chi connectivity index (χ2n) is 3.12. The van der Waals surface area contributed by atoms with E-state index in [1.54, 1.807) is 12.4 Å². The van der Waals surface area contributed by atoms with Crippen LogP contribution < -0.4 is 5.73 Å². The van der Waals surface area contributed by atoms with Gasteiger partial charge in [-0.25, -0.2) is 4.98 Å². The molecule has 14 heavy (non-hydrogen) atoms. The number of nitrogen functional groups attached to an aromatic ring is 1. The lowest BCUT2D eigenvalue weighted by Crippen LogP contribution is -1.93. The fourth-order valence-corrected chi connectivity index (χ4v) is 1.37. The van der Waals surface area contributed by atoms with Gasteiger partial charge in [-0.1, -0.05) is 0 Å². The molecule has 0 saturated heterocycles. The Labute approximate surface area is 82.6 Å². The Bertz CT molecular complexity index is 452. The second-order valence-corrected chi connectivity index (χ2v) is 3.12. The van der Waals surface area contributed by atoms with Crippen LogP contribution >= 0.6 is 0 Å². The van der Waals surface area contributed by atoms with Gasteiger partial charge in [-0.3, -0.25) is 4.98 Å². The number of aromatic nitrogens is 2. The molecule has 0 bridgehead atoms. The van der Waals surface area contributed by atoms with E-state index < -0.39 is 0 Å². The molecule has 0 aliphatic rings. The number of nitrogens with two attached hydrogens (primary N) is 1. The van der Waals surface area contributed by atoms with Crippen molar-refractivity contribution in [1.29, 1.82) is 0 Å². The first-order chi connectivity index (χ1) is 6.77. The molecule has 70 valence electrons. The summed E-state index contributed by atoms with van der Waals surface area (Å²) in [5, 5.41) is 0. The molecule has 0 aromatic carbocycles. The summed E-state index contributed by atoms with van der Waals surface area (Å²) in [6, 6.07) is 7.76. The molecular weight excluding hydrogens is 174 g/mol. The van der Waals surface area contributed by atoms with Crippen LogP contribution in [0.1, 0.15) is 5.69 Å². The zero-order valence-corrected chi connectivity index (χ0v) is 7.94. The number of anilines is 1. The van der Waals surface area contributed by atoms with E-state index in [1.165, 1.54) is 0 Å². The lowest BCUT2D eigenvalue weighted by atomic mass is 10.1. The van der Waals surface area contributed by atoms with E-state index in [-0.39, 0.29) is 0 Å². The maximum atomic E-state index is 5.77. The highest BCUT2D eigenvalue weighted by molar-refractivity contribution is 5.73. The summed E-state index contributed by atoms with van der Waals surface area (Å²) in [5.41, 5.74) is 8.76. The summed E-state index contributed by atoms with van der Waals surface area (Å²) in [5.74, 6) is 0.554. The standard InChI is InChI=1S/C11H11N3/c1-8-7-9(4-6-13-8)10-3-2-5-14-11(10)12/h2-7H,1H3,(H2,12,14). The second kappa shape index (κ2) is 3.46. The van der Waals surface area contributed by atoms with E-state index in [1.807, 2.05) is 31.2 Å². The monoisotopic (exact) mass is 185 g/mol. The topological polar surface area (TPSA) is 51.8 Å². The van der Waals surface area contributed by atoms with Gasteiger partial charge >= 0.3 is 0 Å². The SMILES string of the molecule is Cc1cc(-c2cccnc2N)ccn1. The first kappa shape index (κ1) is 8.69. The van der Waals surface area contributed by atoms with Gasteiger partial charge < -0.3 is 5.73 Å². The molecule has 2 heterocycles. The van der Waals surface area contributed by atoms with Gasteiger partial charge in [-0.15, -0.1) is 0 Å². The van der Waals surface area contributed by atoms with Crippen molar-refractivity contribution in [3.8, 4) is 11.1 Å². The third-order valence-corrected chi connectivity index (χ3v) is 2.05. The van der Waals surface area contributed by atoms with Crippen molar-refractivity contribution in [2.75, 3.05) is 5.73 Å². The fourth-order valence-electron chi connectivity index (χ4n) is 1.37. The normalized spacial score (nSPS) is 10.1. The Morgan fingerprint density at radius 1 is 1.14 bits per heavy atom. The Morgan fingerprint density at radius 3 is 2.71 bits per heavy atom. The summed E-state index contributed by atoms with van der Waals surface area (Å²) in [7, 11) is 0. The van der Waals surface area contributed by atoms with Crippen LogP contribution in [0.5, 0.6) is 0 Å². The molecule has 0 atom stereocenters. The van der Waals surface area contributed by atoms with E-state index >= 15 is 0 Å². The van der Waals surface area contributed by atoms with Crippen molar-refractivity contribution in [3.05, 3.63) is 42.4 Å². The number of rotatable bonds is 1. The molecule has 2 aromatic heterocycles. The zero-order chi connectivity index (χ0) is 9.97. The van der Waals surface area contributed by atoms with Crippen LogP contribution in [-0.4, -0.2) is 9.97 Å². The average Bonchev–Trinajstić information content (AvgIpc) is 2.18. The molecule has 0 aliphatic carbocycles. The van der Waals surface area contributed by atoms with Gasteiger partial charge in [0.15, 0.2) is 0 Å². The van der Waals surface area contributed by atoms with E-state index in [0.717, 1.165) is 16.8 Å². The number of hydrogen-bond donors (Lipinski definition) is 1. The quantitative estimate of drug-likeness (QED) is 0.739. The zero-order valence-electron chi connectivity index (χ0n) is 7.94. The minimum absolute atomic E-state index is 0.554. The summed E-state index contributed by atoms with van der Waals surface area (Å²) in [4.78, 5) is 8.18. The van der Waals surface area contributed by atoms with Crippen molar-refractivity contribution >= 4 is 5.82 Å². The van der Waals surface area contributed by atoms with Crippen LogP contribution in [0.25, 0.3) is 11.1 Å². The molecule has 3 nitrogen and oxygen atoms in total. The molecule has 0 spiro atoms. The van der Waals surface area contributed by atoms with Gasteiger partial charge in [-0.05, 0) is 36.8 Å². The number of pyridine rings is 2. The lowest BCUT2D eigenvalue weighted by Gasteiger charge is -2.04. The maximum Gasteiger partial charge on any atom is 0.131 e. The molecule has 2 aromatic rings. The van der Waals surface area contributed by atoms with E-state index in [0.29, 0.717) is 5.82 Å². The van der Waals surface area contributed by atoms with Crippen molar-refractivity contribution in [1.82, 2.24) is 9.97 Å².